The van der Waals surface area contributed by atoms with E-state index in [1.54, 1.807) is 19.1 Å². The van der Waals surface area contributed by atoms with E-state index in [9.17, 15) is 14.4 Å². The van der Waals surface area contributed by atoms with Gasteiger partial charge in [-0.2, -0.15) is 0 Å². The van der Waals surface area contributed by atoms with Crippen LogP contribution in [0.5, 0.6) is 0 Å². The Morgan fingerprint density at radius 1 is 1.38 bits per heavy atom. The van der Waals surface area contributed by atoms with Crippen LogP contribution in [0.1, 0.15) is 57.1 Å². The van der Waals surface area contributed by atoms with E-state index >= 15 is 0 Å². The number of hydrogen-bond donors (Lipinski definition) is 1. The van der Waals surface area contributed by atoms with Gasteiger partial charge < -0.3 is 19.4 Å². The number of ether oxygens (including phenoxy) is 1. The van der Waals surface area contributed by atoms with E-state index in [2.05, 4.69) is 11.4 Å². The standard InChI is InChI=1S/C21H28N2O5S/c1-14(19(25)22-11-10-16-7-4-3-5-8-16)28-21(26)17-13-29-20(23(17)15(2)24)18-9-6-12-27-18/h6-7,9,12,14,17,20H,3-5,8,10-11,13H2,1-2H3,(H,22,25)/t14-,17+,20+/m0/s1. The fraction of sp³-hybridized carbons (Fsp3) is 0.571. The molecule has 1 N–H and O–H groups in total. The van der Waals surface area contributed by atoms with Crippen LogP contribution in [-0.4, -0.2) is 47.1 Å². The first-order valence-corrected chi connectivity index (χ1v) is 11.1. The molecule has 0 radical (unpaired) electrons. The third-order valence-electron chi connectivity index (χ3n) is 5.22. The molecule has 1 aliphatic carbocycles. The lowest BCUT2D eigenvalue weighted by molar-refractivity contribution is -0.161. The van der Waals surface area contributed by atoms with Crippen LogP contribution in [0.15, 0.2) is 34.5 Å². The number of carbonyl (C=O) groups excluding carboxylic acids is 3. The van der Waals surface area contributed by atoms with Gasteiger partial charge in [0.25, 0.3) is 5.91 Å². The van der Waals surface area contributed by atoms with Crippen molar-refractivity contribution in [2.45, 2.75) is 63.5 Å². The van der Waals surface area contributed by atoms with Crippen molar-refractivity contribution in [3.63, 3.8) is 0 Å². The highest BCUT2D eigenvalue weighted by Gasteiger charge is 2.43. The molecule has 0 spiro atoms. The van der Waals surface area contributed by atoms with Gasteiger partial charge in [-0.25, -0.2) is 4.79 Å². The van der Waals surface area contributed by atoms with Gasteiger partial charge in [0.15, 0.2) is 6.10 Å². The molecule has 8 heteroatoms. The van der Waals surface area contributed by atoms with Gasteiger partial charge >= 0.3 is 5.97 Å². The van der Waals surface area contributed by atoms with Crippen molar-refractivity contribution in [1.29, 1.82) is 0 Å². The summed E-state index contributed by atoms with van der Waals surface area (Å²) < 4.78 is 10.8. The van der Waals surface area contributed by atoms with E-state index in [4.69, 9.17) is 9.15 Å². The number of thioether (sulfide) groups is 1. The smallest absolute Gasteiger partial charge is 0.330 e. The second kappa shape index (κ2) is 10.0. The molecule has 0 bridgehead atoms. The molecule has 1 fully saturated rings. The molecule has 3 atom stereocenters. The average molecular weight is 421 g/mol. The number of amides is 2. The largest absolute Gasteiger partial charge is 0.466 e. The molecule has 0 unspecified atom stereocenters. The number of nitrogens with one attached hydrogen (secondary N) is 1. The number of carbonyl (C=O) groups is 3. The summed E-state index contributed by atoms with van der Waals surface area (Å²) in [5.74, 6) is -0.122. The Balaban J connectivity index is 1.51. The molecule has 0 saturated carbocycles. The van der Waals surface area contributed by atoms with Crippen LogP contribution < -0.4 is 5.32 Å². The van der Waals surface area contributed by atoms with Crippen LogP contribution in [-0.2, 0) is 19.1 Å². The van der Waals surface area contributed by atoms with E-state index in [0.717, 1.165) is 19.3 Å². The Kier molecular flexibility index (Phi) is 7.41. The Hall–Kier alpha value is -2.22. The van der Waals surface area contributed by atoms with Gasteiger partial charge in [-0.05, 0) is 51.2 Å². The third-order valence-corrected chi connectivity index (χ3v) is 6.50. The minimum Gasteiger partial charge on any atom is -0.466 e. The lowest BCUT2D eigenvalue weighted by atomic mass is 9.97. The van der Waals surface area contributed by atoms with Crippen LogP contribution in [0.3, 0.4) is 0 Å². The SMILES string of the molecule is CC(=O)N1[C@@H](C(=O)O[C@@H](C)C(=O)NCCC2=CCCCC2)CS[C@@H]1c1ccco1. The Labute approximate surface area is 175 Å². The number of rotatable bonds is 7. The van der Waals surface area contributed by atoms with Gasteiger partial charge in [-0.1, -0.05) is 11.6 Å². The van der Waals surface area contributed by atoms with Gasteiger partial charge in [0, 0.05) is 19.2 Å². The molecule has 7 nitrogen and oxygen atoms in total. The van der Waals surface area contributed by atoms with Crippen molar-refractivity contribution in [3.8, 4) is 0 Å². The minimum atomic E-state index is -0.913. The van der Waals surface area contributed by atoms with E-state index in [-0.39, 0.29) is 17.2 Å². The summed E-state index contributed by atoms with van der Waals surface area (Å²) in [7, 11) is 0. The zero-order valence-corrected chi connectivity index (χ0v) is 17.7. The maximum Gasteiger partial charge on any atom is 0.330 e. The summed E-state index contributed by atoms with van der Waals surface area (Å²) in [5.41, 5.74) is 1.38. The second-order valence-corrected chi connectivity index (χ2v) is 8.48. The monoisotopic (exact) mass is 420 g/mol. The summed E-state index contributed by atoms with van der Waals surface area (Å²) in [6.45, 7) is 3.50. The fourth-order valence-corrected chi connectivity index (χ4v) is 5.07. The highest BCUT2D eigenvalue weighted by Crippen LogP contribution is 2.41. The van der Waals surface area contributed by atoms with Crippen LogP contribution >= 0.6 is 11.8 Å². The van der Waals surface area contributed by atoms with Crippen molar-refractivity contribution < 1.29 is 23.5 Å². The minimum absolute atomic E-state index is 0.240. The number of furan rings is 1. The molecule has 0 aromatic carbocycles. The number of hydrogen-bond acceptors (Lipinski definition) is 6. The van der Waals surface area contributed by atoms with E-state index in [1.807, 2.05) is 0 Å². The predicted octanol–water partition coefficient (Wildman–Crippen LogP) is 3.18. The molecule has 1 aliphatic heterocycles. The van der Waals surface area contributed by atoms with E-state index < -0.39 is 18.1 Å². The topological polar surface area (TPSA) is 88.8 Å². The van der Waals surface area contributed by atoms with Gasteiger partial charge in [0.1, 0.15) is 17.2 Å². The summed E-state index contributed by atoms with van der Waals surface area (Å²) in [5, 5.41) is 2.47. The van der Waals surface area contributed by atoms with Gasteiger partial charge in [0.05, 0.1) is 6.26 Å². The van der Waals surface area contributed by atoms with Crippen molar-refractivity contribution in [3.05, 3.63) is 35.8 Å². The van der Waals surface area contributed by atoms with Crippen molar-refractivity contribution in [2.24, 2.45) is 0 Å². The Morgan fingerprint density at radius 3 is 2.86 bits per heavy atom. The van der Waals surface area contributed by atoms with Gasteiger partial charge in [0.2, 0.25) is 5.91 Å². The molecule has 1 aromatic rings. The molecule has 1 saturated heterocycles. The van der Waals surface area contributed by atoms with Crippen LogP contribution in [0.25, 0.3) is 0 Å². The maximum atomic E-state index is 12.7. The number of allylic oxidation sites excluding steroid dienone is 1. The maximum absolute atomic E-state index is 12.7. The van der Waals surface area contributed by atoms with Crippen molar-refractivity contribution in [2.75, 3.05) is 12.3 Å². The molecule has 1 aromatic heterocycles. The molecule has 2 amide bonds. The Morgan fingerprint density at radius 2 is 2.21 bits per heavy atom. The molecule has 3 rings (SSSR count). The first kappa shape index (κ1) is 21.5. The molecule has 29 heavy (non-hydrogen) atoms. The molecule has 2 aliphatic rings. The van der Waals surface area contributed by atoms with Gasteiger partial charge in [-0.3, -0.25) is 9.59 Å². The molecule has 2 heterocycles. The average Bonchev–Trinajstić information content (AvgIpc) is 3.38. The van der Waals surface area contributed by atoms with Crippen molar-refractivity contribution in [1.82, 2.24) is 10.2 Å². The quantitative estimate of drug-likeness (QED) is 0.538. The zero-order chi connectivity index (χ0) is 20.8. The first-order valence-electron chi connectivity index (χ1n) is 10.1. The van der Waals surface area contributed by atoms with Crippen LogP contribution in [0, 0.1) is 0 Å². The lowest BCUT2D eigenvalue weighted by Crippen LogP contribution is -2.45. The van der Waals surface area contributed by atoms with E-state index in [1.165, 1.54) is 48.3 Å². The first-order chi connectivity index (χ1) is 14.0. The summed E-state index contributed by atoms with van der Waals surface area (Å²) in [4.78, 5) is 38.6. The summed E-state index contributed by atoms with van der Waals surface area (Å²) >= 11 is 1.44. The van der Waals surface area contributed by atoms with Crippen LogP contribution in [0.4, 0.5) is 0 Å². The molecular weight excluding hydrogens is 392 g/mol. The zero-order valence-electron chi connectivity index (χ0n) is 16.9. The highest BCUT2D eigenvalue weighted by molar-refractivity contribution is 7.99. The number of nitrogens with zero attached hydrogens (tertiary/aromatic N) is 1. The van der Waals surface area contributed by atoms with E-state index in [0.29, 0.717) is 18.1 Å². The van der Waals surface area contributed by atoms with Gasteiger partial charge in [-0.15, -0.1) is 11.8 Å². The summed E-state index contributed by atoms with van der Waals surface area (Å²) in [6.07, 6.45) is 8.36. The molecule has 158 valence electrons. The Bertz CT molecular complexity index is 761. The second-order valence-electron chi connectivity index (χ2n) is 7.37. The normalized spacial score (nSPS) is 22.7. The highest BCUT2D eigenvalue weighted by atomic mass is 32.2. The number of esters is 1. The third kappa shape index (κ3) is 5.44. The van der Waals surface area contributed by atoms with Crippen LogP contribution in [0.2, 0.25) is 0 Å². The predicted molar refractivity (Wildman–Crippen MR) is 110 cm³/mol. The lowest BCUT2D eigenvalue weighted by Gasteiger charge is -2.26. The van der Waals surface area contributed by atoms with Crippen molar-refractivity contribution >= 4 is 29.5 Å². The molecular formula is C21H28N2O5S. The summed E-state index contributed by atoms with van der Waals surface area (Å²) in [6, 6.07) is 2.78. The fourth-order valence-electron chi connectivity index (χ4n) is 3.65.